The van der Waals surface area contributed by atoms with Crippen molar-refractivity contribution in [1.29, 1.82) is 0 Å². The van der Waals surface area contributed by atoms with Crippen molar-refractivity contribution >= 4 is 80.9 Å². The molecule has 0 radical (unpaired) electrons. The fraction of sp³-hybridized carbons (Fsp3) is 0.310. The normalized spacial score (nSPS) is 16.0. The number of rotatable bonds is 12. The van der Waals surface area contributed by atoms with Crippen LogP contribution in [0.1, 0.15) is 176 Å². The van der Waals surface area contributed by atoms with E-state index in [2.05, 4.69) is 352 Å². The molecule has 4 aliphatic rings. The van der Waals surface area contributed by atoms with Crippen LogP contribution in [0.5, 0.6) is 0 Å². The Kier molecular flexibility index (Phi) is 16.8. The Morgan fingerprint density at radius 3 is 0.745 bits per heavy atom. The van der Waals surface area contributed by atoms with Crippen LogP contribution < -0.4 is 14.7 Å². The van der Waals surface area contributed by atoms with Gasteiger partial charge < -0.3 is 14.7 Å². The molecule has 0 fully saturated rings. The number of anilines is 8. The molecule has 1 aliphatic carbocycles. The molecular formula is C84H92N10. The number of hydrogen-bond acceptors (Lipinski definition) is 10. The highest BCUT2D eigenvalue weighted by Crippen LogP contribution is 2.42. The lowest BCUT2D eigenvalue weighted by molar-refractivity contribution is 0.510. The van der Waals surface area contributed by atoms with Gasteiger partial charge in [-0.25, -0.2) is 4.90 Å². The van der Waals surface area contributed by atoms with Crippen LogP contribution in [0, 0.1) is 5.41 Å². The molecule has 8 aromatic rings. The first-order valence-corrected chi connectivity index (χ1v) is 33.3. The first-order chi connectivity index (χ1) is 44.3. The molecule has 0 aromatic heterocycles. The van der Waals surface area contributed by atoms with Crippen LogP contribution in [-0.2, 0) is 27.1 Å². The Balaban J connectivity index is 0.940. The van der Waals surface area contributed by atoms with Gasteiger partial charge in [0.2, 0.25) is 17.9 Å². The van der Waals surface area contributed by atoms with Gasteiger partial charge in [-0.2, -0.15) is 30.0 Å². The summed E-state index contributed by atoms with van der Waals surface area (Å²) in [7, 11) is 0. The maximum Gasteiger partial charge on any atom is 0.243 e. The third-order valence-corrected chi connectivity index (χ3v) is 18.3. The van der Waals surface area contributed by atoms with Crippen LogP contribution in [0.15, 0.2) is 248 Å². The smallest absolute Gasteiger partial charge is 0.243 e. The van der Waals surface area contributed by atoms with Crippen molar-refractivity contribution in [3.63, 3.8) is 0 Å². The molecule has 10 heteroatoms. The second kappa shape index (κ2) is 24.4. The molecule has 94 heavy (non-hydrogen) atoms. The SMILES string of the molecule is CC(C)(C)C1=CCC(N(c2ccc(C3=NC4=NC(c5ccc(N(c6ccc(C(C)(C)C)cc6)c6ccc(C(C)(C)C)cc6)cc5)=NC5=NC(c6ccc(N(c7ccc(C(C)(C)C)cc7)c7ccc(C(C)(C)C)cc7)cc6)=NC(=N3)N54)cc2)c2ccc(C(C)(C)C)cc2)C=C1. The van der Waals surface area contributed by atoms with Gasteiger partial charge >= 0.3 is 0 Å². The first kappa shape index (κ1) is 64.6. The van der Waals surface area contributed by atoms with Gasteiger partial charge in [-0.05, 0) is 206 Å². The number of allylic oxidation sites excluding steroid dienone is 2. The summed E-state index contributed by atoms with van der Waals surface area (Å²) >= 11 is 0. The van der Waals surface area contributed by atoms with Crippen LogP contribution in [-0.4, -0.2) is 46.3 Å². The Hall–Kier alpha value is -9.54. The van der Waals surface area contributed by atoms with Crippen molar-refractivity contribution in [2.75, 3.05) is 14.7 Å². The third kappa shape index (κ3) is 13.6. The Morgan fingerprint density at radius 2 is 0.521 bits per heavy atom. The summed E-state index contributed by atoms with van der Waals surface area (Å²) < 4.78 is 0. The van der Waals surface area contributed by atoms with E-state index < -0.39 is 0 Å². The van der Waals surface area contributed by atoms with Gasteiger partial charge in [0.25, 0.3) is 0 Å². The highest BCUT2D eigenvalue weighted by molar-refractivity contribution is 6.34. The molecule has 0 spiro atoms. The minimum absolute atomic E-state index is 0.0161. The molecule has 3 aliphatic heterocycles. The first-order valence-electron chi connectivity index (χ1n) is 33.3. The van der Waals surface area contributed by atoms with Gasteiger partial charge in [-0.1, -0.05) is 204 Å². The lowest BCUT2D eigenvalue weighted by atomic mass is 9.82. The zero-order valence-electron chi connectivity index (χ0n) is 58.5. The predicted molar refractivity (Wildman–Crippen MR) is 400 cm³/mol. The zero-order chi connectivity index (χ0) is 66.9. The maximum absolute atomic E-state index is 5.24. The minimum Gasteiger partial charge on any atom is -0.334 e. The van der Waals surface area contributed by atoms with Gasteiger partial charge in [0.15, 0.2) is 17.5 Å². The van der Waals surface area contributed by atoms with Crippen LogP contribution >= 0.6 is 0 Å². The molecule has 0 saturated carbocycles. The molecular weight excluding hydrogens is 1150 g/mol. The van der Waals surface area contributed by atoms with Crippen molar-refractivity contribution in [1.82, 2.24) is 4.90 Å². The van der Waals surface area contributed by atoms with Crippen molar-refractivity contribution in [3.05, 3.63) is 262 Å². The molecule has 12 rings (SSSR count). The zero-order valence-corrected chi connectivity index (χ0v) is 58.5. The van der Waals surface area contributed by atoms with E-state index in [1.807, 2.05) is 0 Å². The highest BCUT2D eigenvalue weighted by Gasteiger charge is 2.37. The maximum atomic E-state index is 5.24. The molecule has 0 amide bonds. The molecule has 10 nitrogen and oxygen atoms in total. The van der Waals surface area contributed by atoms with Crippen molar-refractivity contribution in [3.8, 4) is 0 Å². The summed E-state index contributed by atoms with van der Waals surface area (Å²) in [5.74, 6) is 2.59. The molecule has 0 N–H and O–H groups in total. The highest BCUT2D eigenvalue weighted by atomic mass is 15.5. The quantitative estimate of drug-likeness (QED) is 0.122. The van der Waals surface area contributed by atoms with E-state index in [0.717, 1.165) is 68.6 Å². The molecule has 1 unspecified atom stereocenters. The fourth-order valence-electron chi connectivity index (χ4n) is 12.3. The predicted octanol–water partition coefficient (Wildman–Crippen LogP) is 21.6. The Labute approximate surface area is 559 Å². The summed E-state index contributed by atoms with van der Waals surface area (Å²) in [6.45, 7) is 40.6. The van der Waals surface area contributed by atoms with Gasteiger partial charge in [-0.3, -0.25) is 0 Å². The van der Waals surface area contributed by atoms with E-state index >= 15 is 0 Å². The van der Waals surface area contributed by atoms with Crippen molar-refractivity contribution < 1.29 is 0 Å². The van der Waals surface area contributed by atoms with E-state index in [4.69, 9.17) is 30.0 Å². The Morgan fingerprint density at radius 1 is 0.287 bits per heavy atom. The van der Waals surface area contributed by atoms with Gasteiger partial charge in [0.1, 0.15) is 0 Å². The summed E-state index contributed by atoms with van der Waals surface area (Å²) in [6.07, 6.45) is 7.95. The standard InChI is InChI=1S/C84H92N10/c1-79(2,3)58-25-43-67(44-26-58)91(68-45-27-59(28-46-68)80(4,5)6)64-37-19-55(20-38-64)73-85-76-87-74(56-21-39-65(40-22-56)92(69-47-29-60(30-48-69)81(7,8)9)70-49-31-61(32-50-70)82(10,11)12)89-78-90-75(88-77(86-73)94(76)78)57-23-41-66(42-24-57)93(71-51-33-62(34-52-71)83(13,14)15)72-53-35-63(36-54-72)84(16,17)18/h19-53,72H,54H2,1-18H3. The number of guanidine groups is 3. The van der Waals surface area contributed by atoms with Gasteiger partial charge in [0, 0.05) is 62.2 Å². The van der Waals surface area contributed by atoms with E-state index in [9.17, 15) is 0 Å². The van der Waals surface area contributed by atoms with Crippen LogP contribution in [0.3, 0.4) is 0 Å². The van der Waals surface area contributed by atoms with Crippen LogP contribution in [0.2, 0.25) is 0 Å². The van der Waals surface area contributed by atoms with E-state index in [1.54, 1.807) is 4.90 Å². The number of nitrogens with zero attached hydrogens (tertiary/aromatic N) is 10. The largest absolute Gasteiger partial charge is 0.334 e. The van der Waals surface area contributed by atoms with Crippen molar-refractivity contribution in [2.45, 2.75) is 164 Å². The molecule has 0 saturated heterocycles. The average molecular weight is 1240 g/mol. The molecule has 0 bridgehead atoms. The number of hydrogen-bond donors (Lipinski definition) is 0. The van der Waals surface area contributed by atoms with Crippen LogP contribution in [0.4, 0.5) is 45.5 Å². The third-order valence-electron chi connectivity index (χ3n) is 18.3. The van der Waals surface area contributed by atoms with E-state index in [1.165, 1.54) is 33.4 Å². The average Bonchev–Trinajstić information content (AvgIpc) is 0.753. The molecule has 1 atom stereocenters. The number of aliphatic imine (C=N–C) groups is 6. The molecule has 478 valence electrons. The summed E-state index contributed by atoms with van der Waals surface area (Å²) in [4.78, 5) is 40.3. The minimum atomic E-state index is 0.0161. The van der Waals surface area contributed by atoms with Gasteiger partial charge in [-0.15, -0.1) is 0 Å². The summed E-state index contributed by atoms with van der Waals surface area (Å²) in [5, 5.41) is 0. The number of amidine groups is 3. The summed E-state index contributed by atoms with van der Waals surface area (Å²) in [6, 6.07) is 70.4. The summed E-state index contributed by atoms with van der Waals surface area (Å²) in [5.41, 5.74) is 18.8. The number of benzene rings is 8. The second-order valence-corrected chi connectivity index (χ2v) is 31.6. The van der Waals surface area contributed by atoms with Gasteiger partial charge in [0.05, 0.1) is 6.04 Å². The van der Waals surface area contributed by atoms with Crippen LogP contribution in [0.25, 0.3) is 0 Å². The topological polar surface area (TPSA) is 87.1 Å². The molecule has 8 aromatic carbocycles. The van der Waals surface area contributed by atoms with Crippen molar-refractivity contribution in [2.24, 2.45) is 35.4 Å². The lowest BCUT2D eigenvalue weighted by Gasteiger charge is -2.35. The monoisotopic (exact) mass is 1240 g/mol. The second-order valence-electron chi connectivity index (χ2n) is 31.6. The lowest BCUT2D eigenvalue weighted by Crippen LogP contribution is -2.48. The van der Waals surface area contributed by atoms with E-state index in [-0.39, 0.29) is 38.5 Å². The Bertz CT molecular complexity index is 4090. The molecule has 3 heterocycles. The fourth-order valence-corrected chi connectivity index (χ4v) is 12.3. The van der Waals surface area contributed by atoms with E-state index in [0.29, 0.717) is 35.4 Å².